The van der Waals surface area contributed by atoms with Gasteiger partial charge in [0.05, 0.1) is 0 Å². The molecule has 0 aromatic rings. The molecule has 0 bridgehead atoms. The van der Waals surface area contributed by atoms with Crippen LogP contribution >= 0.6 is 0 Å². The highest BCUT2D eigenvalue weighted by molar-refractivity contribution is 5.76. The Morgan fingerprint density at radius 3 is 1.94 bits per heavy atom. The number of rotatable bonds is 4. The number of hydrogen-bond acceptors (Lipinski definition) is 1. The minimum absolute atomic E-state index is 0.122. The summed E-state index contributed by atoms with van der Waals surface area (Å²) < 4.78 is 0. The van der Waals surface area contributed by atoms with Gasteiger partial charge >= 0.3 is 0 Å². The number of nitrogens with one attached hydrogen (secondary N) is 1. The van der Waals surface area contributed by atoms with Gasteiger partial charge in [-0.3, -0.25) is 4.79 Å². The van der Waals surface area contributed by atoms with Gasteiger partial charge in [-0.05, 0) is 23.7 Å². The summed E-state index contributed by atoms with van der Waals surface area (Å²) in [5, 5.41) is 3.18. The molecule has 0 fully saturated rings. The first kappa shape index (κ1) is 15.5. The largest absolute Gasteiger partial charge is 0.353 e. The third kappa shape index (κ3) is 6.86. The summed E-state index contributed by atoms with van der Waals surface area (Å²) in [4.78, 5) is 11.7. The van der Waals surface area contributed by atoms with Gasteiger partial charge in [-0.1, -0.05) is 48.5 Å². The second-order valence-corrected chi connectivity index (χ2v) is 7.00. The van der Waals surface area contributed by atoms with Crippen molar-refractivity contribution in [3.05, 3.63) is 0 Å². The average Bonchev–Trinajstić information content (AvgIpc) is 1.98. The average molecular weight is 227 g/mol. The fourth-order valence-electron chi connectivity index (χ4n) is 1.68. The van der Waals surface area contributed by atoms with E-state index in [4.69, 9.17) is 0 Å². The first-order valence-electron chi connectivity index (χ1n) is 6.35. The fourth-order valence-corrected chi connectivity index (χ4v) is 1.68. The Morgan fingerprint density at radius 1 is 1.12 bits per heavy atom. The molecular weight excluding hydrogens is 198 g/mol. The summed E-state index contributed by atoms with van der Waals surface area (Å²) in [7, 11) is 0. The number of carbonyl (C=O) groups excluding carboxylic acids is 1. The molecule has 0 saturated heterocycles. The Bertz CT molecular complexity index is 220. The van der Waals surface area contributed by atoms with Crippen LogP contribution in [-0.4, -0.2) is 11.9 Å². The van der Waals surface area contributed by atoms with Crippen LogP contribution in [0.5, 0.6) is 0 Å². The first-order chi connectivity index (χ1) is 7.06. The molecule has 0 aromatic heterocycles. The number of carbonyl (C=O) groups is 1. The van der Waals surface area contributed by atoms with E-state index >= 15 is 0 Å². The van der Waals surface area contributed by atoms with Crippen molar-refractivity contribution in [2.45, 2.75) is 73.8 Å². The van der Waals surface area contributed by atoms with Crippen molar-refractivity contribution in [2.75, 3.05) is 0 Å². The van der Waals surface area contributed by atoms with Crippen molar-refractivity contribution in [3.8, 4) is 0 Å². The van der Waals surface area contributed by atoms with Crippen molar-refractivity contribution in [1.29, 1.82) is 0 Å². The van der Waals surface area contributed by atoms with Crippen molar-refractivity contribution >= 4 is 5.91 Å². The maximum Gasteiger partial charge on any atom is 0.220 e. The lowest BCUT2D eigenvalue weighted by atomic mass is 9.77. The van der Waals surface area contributed by atoms with E-state index in [1.54, 1.807) is 0 Å². The van der Waals surface area contributed by atoms with Crippen molar-refractivity contribution < 1.29 is 4.79 Å². The van der Waals surface area contributed by atoms with E-state index in [9.17, 15) is 4.79 Å². The molecule has 0 spiro atoms. The summed E-state index contributed by atoms with van der Waals surface area (Å²) in [5.41, 5.74) is 0.369. The van der Waals surface area contributed by atoms with E-state index in [0.717, 1.165) is 12.8 Å². The molecular formula is C14H29NO. The molecule has 0 rings (SSSR count). The van der Waals surface area contributed by atoms with Crippen LogP contribution in [0.4, 0.5) is 0 Å². The van der Waals surface area contributed by atoms with Crippen molar-refractivity contribution in [3.63, 3.8) is 0 Å². The zero-order valence-electron chi connectivity index (χ0n) is 12.1. The molecule has 0 aliphatic carbocycles. The van der Waals surface area contributed by atoms with Gasteiger partial charge in [0, 0.05) is 12.5 Å². The maximum atomic E-state index is 11.7. The minimum atomic E-state index is 0.122. The predicted molar refractivity (Wildman–Crippen MR) is 70.4 cm³/mol. The SMILES string of the molecule is CCCC(=O)NC(CC(C)(C)C)C(C)(C)C. The molecule has 0 heterocycles. The molecule has 1 amide bonds. The molecule has 2 heteroatoms. The summed E-state index contributed by atoms with van der Waals surface area (Å²) in [6, 6.07) is 0.256. The monoisotopic (exact) mass is 227 g/mol. The summed E-state index contributed by atoms with van der Waals surface area (Å²) >= 11 is 0. The van der Waals surface area contributed by atoms with E-state index in [2.05, 4.69) is 46.9 Å². The molecule has 2 nitrogen and oxygen atoms in total. The van der Waals surface area contributed by atoms with Crippen molar-refractivity contribution in [2.24, 2.45) is 10.8 Å². The molecule has 96 valence electrons. The molecule has 0 radical (unpaired) electrons. The van der Waals surface area contributed by atoms with Crippen LogP contribution in [0.1, 0.15) is 67.7 Å². The Kier molecular flexibility index (Phi) is 5.51. The normalized spacial score (nSPS) is 14.7. The van der Waals surface area contributed by atoms with E-state index in [1.165, 1.54) is 0 Å². The first-order valence-corrected chi connectivity index (χ1v) is 6.35. The third-order valence-corrected chi connectivity index (χ3v) is 2.67. The molecule has 1 unspecified atom stereocenters. The zero-order valence-corrected chi connectivity index (χ0v) is 12.1. The van der Waals surface area contributed by atoms with Gasteiger partial charge in [-0.15, -0.1) is 0 Å². The Hall–Kier alpha value is -0.530. The summed E-state index contributed by atoms with van der Waals surface area (Å²) in [5.74, 6) is 0.187. The number of amides is 1. The van der Waals surface area contributed by atoms with Gasteiger partial charge < -0.3 is 5.32 Å². The highest BCUT2D eigenvalue weighted by Gasteiger charge is 2.29. The predicted octanol–water partition coefficient (Wildman–Crippen LogP) is 3.75. The van der Waals surface area contributed by atoms with Gasteiger partial charge in [0.25, 0.3) is 0 Å². The Labute approximate surface area is 101 Å². The van der Waals surface area contributed by atoms with Crippen LogP contribution < -0.4 is 5.32 Å². The Balaban J connectivity index is 4.52. The van der Waals surface area contributed by atoms with Crippen LogP contribution in [0.3, 0.4) is 0 Å². The Morgan fingerprint density at radius 2 is 1.62 bits per heavy atom. The number of hydrogen-bond donors (Lipinski definition) is 1. The molecule has 0 saturated carbocycles. The van der Waals surface area contributed by atoms with Crippen LogP contribution in [0.25, 0.3) is 0 Å². The van der Waals surface area contributed by atoms with Crippen LogP contribution in [0, 0.1) is 10.8 Å². The molecule has 0 aliphatic rings. The van der Waals surface area contributed by atoms with Gasteiger partial charge in [0.1, 0.15) is 0 Å². The fraction of sp³-hybridized carbons (Fsp3) is 0.929. The van der Waals surface area contributed by atoms with E-state index in [1.807, 2.05) is 6.92 Å². The van der Waals surface area contributed by atoms with Gasteiger partial charge in [-0.2, -0.15) is 0 Å². The molecule has 16 heavy (non-hydrogen) atoms. The molecule has 1 atom stereocenters. The highest BCUT2D eigenvalue weighted by Crippen LogP contribution is 2.30. The molecule has 0 aliphatic heterocycles. The minimum Gasteiger partial charge on any atom is -0.353 e. The lowest BCUT2D eigenvalue weighted by Gasteiger charge is -2.36. The van der Waals surface area contributed by atoms with Gasteiger partial charge in [0.15, 0.2) is 0 Å². The van der Waals surface area contributed by atoms with Gasteiger partial charge in [0.2, 0.25) is 5.91 Å². The topological polar surface area (TPSA) is 29.1 Å². The van der Waals surface area contributed by atoms with E-state index in [-0.39, 0.29) is 22.8 Å². The smallest absolute Gasteiger partial charge is 0.220 e. The van der Waals surface area contributed by atoms with Crippen molar-refractivity contribution in [1.82, 2.24) is 5.32 Å². The summed E-state index contributed by atoms with van der Waals surface area (Å²) in [6.45, 7) is 15.3. The second kappa shape index (κ2) is 5.70. The van der Waals surface area contributed by atoms with Crippen LogP contribution in [-0.2, 0) is 4.79 Å². The lowest BCUT2D eigenvalue weighted by molar-refractivity contribution is -0.122. The van der Waals surface area contributed by atoms with E-state index in [0.29, 0.717) is 6.42 Å². The highest BCUT2D eigenvalue weighted by atomic mass is 16.1. The standard InChI is InChI=1S/C14H29NO/c1-8-9-12(16)15-11(14(5,6)7)10-13(2,3)4/h11H,8-10H2,1-7H3,(H,15,16). The summed E-state index contributed by atoms with van der Waals surface area (Å²) in [6.07, 6.45) is 2.57. The quantitative estimate of drug-likeness (QED) is 0.778. The van der Waals surface area contributed by atoms with Gasteiger partial charge in [-0.25, -0.2) is 0 Å². The van der Waals surface area contributed by atoms with E-state index < -0.39 is 0 Å². The molecule has 0 aromatic carbocycles. The second-order valence-electron chi connectivity index (χ2n) is 7.00. The lowest BCUT2D eigenvalue weighted by Crippen LogP contribution is -2.45. The zero-order chi connectivity index (χ0) is 13.0. The maximum absolute atomic E-state index is 11.7. The van der Waals surface area contributed by atoms with Crippen LogP contribution in [0.2, 0.25) is 0 Å². The van der Waals surface area contributed by atoms with Crippen LogP contribution in [0.15, 0.2) is 0 Å². The molecule has 1 N–H and O–H groups in total. The third-order valence-electron chi connectivity index (χ3n) is 2.67.